The van der Waals surface area contributed by atoms with Gasteiger partial charge in [0.15, 0.2) is 5.78 Å². The van der Waals surface area contributed by atoms with Crippen molar-refractivity contribution in [2.45, 2.75) is 20.8 Å². The first-order valence-corrected chi connectivity index (χ1v) is 9.00. The monoisotopic (exact) mass is 394 g/mol. The lowest BCUT2D eigenvalue weighted by molar-refractivity contribution is 0.101. The summed E-state index contributed by atoms with van der Waals surface area (Å²) in [7, 11) is 0. The summed E-state index contributed by atoms with van der Waals surface area (Å²) in [6, 6.07) is 12.2. The summed E-state index contributed by atoms with van der Waals surface area (Å²) in [5.74, 6) is -0.181. The summed E-state index contributed by atoms with van der Waals surface area (Å²) < 4.78 is 0. The van der Waals surface area contributed by atoms with Crippen molar-refractivity contribution in [2.24, 2.45) is 0 Å². The van der Waals surface area contributed by atoms with Gasteiger partial charge in [0.05, 0.1) is 10.7 Å². The normalized spacial score (nSPS) is 10.4. The van der Waals surface area contributed by atoms with Crippen LogP contribution in [-0.2, 0) is 0 Å². The SMILES string of the molecule is CC(=O)c1cccc(Nc2nccc(C(=O)Nc3c(C)cc(C)cc3Cl)n2)c1. The van der Waals surface area contributed by atoms with Crippen LogP contribution in [0.15, 0.2) is 48.7 Å². The molecule has 0 aliphatic heterocycles. The molecule has 0 fully saturated rings. The van der Waals surface area contributed by atoms with Gasteiger partial charge in [0, 0.05) is 17.4 Å². The Bertz CT molecular complexity index is 1040. The first-order valence-electron chi connectivity index (χ1n) is 8.62. The van der Waals surface area contributed by atoms with Crippen molar-refractivity contribution in [2.75, 3.05) is 10.6 Å². The molecule has 2 N–H and O–H groups in total. The van der Waals surface area contributed by atoms with E-state index in [4.69, 9.17) is 11.6 Å². The Kier molecular flexibility index (Phi) is 5.70. The summed E-state index contributed by atoms with van der Waals surface area (Å²) >= 11 is 6.26. The number of aryl methyl sites for hydroxylation is 2. The maximum atomic E-state index is 12.6. The molecule has 0 bridgehead atoms. The van der Waals surface area contributed by atoms with E-state index in [0.29, 0.717) is 22.0 Å². The predicted octanol–water partition coefficient (Wildman–Crippen LogP) is 4.95. The van der Waals surface area contributed by atoms with Gasteiger partial charge >= 0.3 is 0 Å². The first-order chi connectivity index (χ1) is 13.3. The Balaban J connectivity index is 1.80. The van der Waals surface area contributed by atoms with Crippen LogP contribution in [0.1, 0.15) is 38.9 Å². The van der Waals surface area contributed by atoms with Crippen LogP contribution in [0.25, 0.3) is 0 Å². The van der Waals surface area contributed by atoms with Crippen LogP contribution in [-0.4, -0.2) is 21.7 Å². The fourth-order valence-corrected chi connectivity index (χ4v) is 3.11. The number of halogens is 1. The van der Waals surface area contributed by atoms with Gasteiger partial charge in [-0.25, -0.2) is 9.97 Å². The highest BCUT2D eigenvalue weighted by Crippen LogP contribution is 2.27. The molecule has 0 spiro atoms. The molecule has 0 aliphatic rings. The maximum Gasteiger partial charge on any atom is 0.274 e. The van der Waals surface area contributed by atoms with Gasteiger partial charge in [-0.2, -0.15) is 0 Å². The van der Waals surface area contributed by atoms with Crippen LogP contribution in [0, 0.1) is 13.8 Å². The van der Waals surface area contributed by atoms with Crippen LogP contribution < -0.4 is 10.6 Å². The fourth-order valence-electron chi connectivity index (χ4n) is 2.74. The molecule has 0 radical (unpaired) electrons. The zero-order valence-corrected chi connectivity index (χ0v) is 16.5. The Morgan fingerprint density at radius 2 is 1.86 bits per heavy atom. The average Bonchev–Trinajstić information content (AvgIpc) is 2.65. The number of carbonyl (C=O) groups is 2. The number of amides is 1. The minimum Gasteiger partial charge on any atom is -0.324 e. The van der Waals surface area contributed by atoms with Crippen LogP contribution in [0.3, 0.4) is 0 Å². The van der Waals surface area contributed by atoms with E-state index in [0.717, 1.165) is 11.1 Å². The number of nitrogens with one attached hydrogen (secondary N) is 2. The topological polar surface area (TPSA) is 84.0 Å². The van der Waals surface area contributed by atoms with Crippen molar-refractivity contribution < 1.29 is 9.59 Å². The molecule has 6 nitrogen and oxygen atoms in total. The smallest absolute Gasteiger partial charge is 0.274 e. The first kappa shape index (κ1) is 19.5. The lowest BCUT2D eigenvalue weighted by Gasteiger charge is -2.12. The van der Waals surface area contributed by atoms with Crippen LogP contribution in [0.4, 0.5) is 17.3 Å². The summed E-state index contributed by atoms with van der Waals surface area (Å²) in [4.78, 5) is 32.5. The molecule has 0 saturated carbocycles. The number of nitrogens with zero attached hydrogens (tertiary/aromatic N) is 2. The number of anilines is 3. The molecule has 142 valence electrons. The average molecular weight is 395 g/mol. The van der Waals surface area contributed by atoms with Crippen molar-refractivity contribution in [1.82, 2.24) is 9.97 Å². The molecular formula is C21H19ClN4O2. The second-order valence-corrected chi connectivity index (χ2v) is 6.83. The predicted molar refractivity (Wildman–Crippen MR) is 111 cm³/mol. The zero-order valence-electron chi connectivity index (χ0n) is 15.7. The van der Waals surface area contributed by atoms with Crippen LogP contribution >= 0.6 is 11.6 Å². The molecule has 0 aliphatic carbocycles. The molecule has 1 aromatic heterocycles. The number of rotatable bonds is 5. The van der Waals surface area contributed by atoms with E-state index in [1.54, 1.807) is 30.3 Å². The molecule has 28 heavy (non-hydrogen) atoms. The molecule has 7 heteroatoms. The standard InChI is InChI=1S/C21H19ClN4O2/c1-12-9-13(2)19(17(22)10-12)26-20(28)18-7-8-23-21(25-18)24-16-6-4-5-15(11-16)14(3)27/h4-11H,1-3H3,(H,26,28)(H,23,24,25). The van der Waals surface area contributed by atoms with Gasteiger partial charge in [-0.15, -0.1) is 0 Å². The summed E-state index contributed by atoms with van der Waals surface area (Å²) in [6.45, 7) is 5.32. The highest BCUT2D eigenvalue weighted by Gasteiger charge is 2.13. The lowest BCUT2D eigenvalue weighted by atomic mass is 10.1. The largest absolute Gasteiger partial charge is 0.324 e. The third kappa shape index (κ3) is 4.53. The highest BCUT2D eigenvalue weighted by atomic mass is 35.5. The molecule has 0 unspecified atom stereocenters. The molecule has 3 rings (SSSR count). The van der Waals surface area contributed by atoms with E-state index in [1.165, 1.54) is 19.2 Å². The van der Waals surface area contributed by atoms with Gasteiger partial charge in [-0.05, 0) is 56.2 Å². The van der Waals surface area contributed by atoms with E-state index >= 15 is 0 Å². The van der Waals surface area contributed by atoms with E-state index in [1.807, 2.05) is 19.9 Å². The van der Waals surface area contributed by atoms with Crippen molar-refractivity contribution in [3.05, 3.63) is 76.1 Å². The minimum atomic E-state index is -0.392. The van der Waals surface area contributed by atoms with Gasteiger partial charge < -0.3 is 10.6 Å². The molecule has 0 atom stereocenters. The molecule has 1 amide bonds. The Hall–Kier alpha value is -3.25. The Labute approximate surface area is 168 Å². The van der Waals surface area contributed by atoms with Gasteiger partial charge in [0.1, 0.15) is 5.69 Å². The number of ketones is 1. The Morgan fingerprint density at radius 3 is 2.57 bits per heavy atom. The second kappa shape index (κ2) is 8.19. The number of hydrogen-bond donors (Lipinski definition) is 2. The van der Waals surface area contributed by atoms with Crippen molar-refractivity contribution in [3.8, 4) is 0 Å². The van der Waals surface area contributed by atoms with E-state index in [2.05, 4.69) is 20.6 Å². The lowest BCUT2D eigenvalue weighted by Crippen LogP contribution is -2.16. The summed E-state index contributed by atoms with van der Waals surface area (Å²) in [5, 5.41) is 6.28. The number of aromatic nitrogens is 2. The molecular weight excluding hydrogens is 376 g/mol. The second-order valence-electron chi connectivity index (χ2n) is 6.42. The maximum absolute atomic E-state index is 12.6. The van der Waals surface area contributed by atoms with Gasteiger partial charge in [0.25, 0.3) is 5.91 Å². The van der Waals surface area contributed by atoms with Crippen LogP contribution in [0.5, 0.6) is 0 Å². The quantitative estimate of drug-likeness (QED) is 0.598. The zero-order chi connectivity index (χ0) is 20.3. The minimum absolute atomic E-state index is 0.0388. The van der Waals surface area contributed by atoms with Crippen molar-refractivity contribution in [1.29, 1.82) is 0 Å². The van der Waals surface area contributed by atoms with E-state index in [-0.39, 0.29) is 17.4 Å². The Morgan fingerprint density at radius 1 is 1.07 bits per heavy atom. The number of carbonyl (C=O) groups excluding carboxylic acids is 2. The highest BCUT2D eigenvalue weighted by molar-refractivity contribution is 6.34. The molecule has 1 heterocycles. The van der Waals surface area contributed by atoms with Crippen molar-refractivity contribution in [3.63, 3.8) is 0 Å². The van der Waals surface area contributed by atoms with E-state index in [9.17, 15) is 9.59 Å². The number of benzene rings is 2. The third-order valence-electron chi connectivity index (χ3n) is 4.08. The van der Waals surface area contributed by atoms with E-state index < -0.39 is 5.91 Å². The van der Waals surface area contributed by atoms with Crippen LogP contribution in [0.2, 0.25) is 5.02 Å². The van der Waals surface area contributed by atoms with Gasteiger partial charge in [-0.3, -0.25) is 9.59 Å². The molecule has 3 aromatic rings. The summed E-state index contributed by atoms with van der Waals surface area (Å²) in [6.07, 6.45) is 1.49. The molecule has 0 saturated heterocycles. The summed E-state index contributed by atoms with van der Waals surface area (Å²) in [5.41, 5.74) is 3.86. The molecule has 2 aromatic carbocycles. The number of hydrogen-bond acceptors (Lipinski definition) is 5. The number of Topliss-reactive ketones (excluding diaryl/α,β-unsaturated/α-hetero) is 1. The third-order valence-corrected chi connectivity index (χ3v) is 4.38. The van der Waals surface area contributed by atoms with Crippen molar-refractivity contribution >= 4 is 40.6 Å². The fraction of sp³-hybridized carbons (Fsp3) is 0.143. The van der Waals surface area contributed by atoms with Gasteiger partial charge in [0.2, 0.25) is 5.95 Å². The van der Waals surface area contributed by atoms with Gasteiger partial charge in [-0.1, -0.05) is 29.8 Å².